The molecule has 0 amide bonds. The first-order chi connectivity index (χ1) is 9.95. The lowest BCUT2D eigenvalue weighted by Gasteiger charge is -2.16. The number of rotatable bonds is 3. The van der Waals surface area contributed by atoms with E-state index in [0.29, 0.717) is 24.4 Å². The molecule has 1 aliphatic carbocycles. The van der Waals surface area contributed by atoms with Gasteiger partial charge in [-0.15, -0.1) is 0 Å². The minimum Gasteiger partial charge on any atom is -0.443 e. The summed E-state index contributed by atoms with van der Waals surface area (Å²) < 4.78 is 5.71. The summed E-state index contributed by atoms with van der Waals surface area (Å²) >= 11 is 0. The lowest BCUT2D eigenvalue weighted by atomic mass is 9.94. The van der Waals surface area contributed by atoms with Crippen LogP contribution in [0.1, 0.15) is 70.9 Å². The molecule has 1 aromatic rings. The van der Waals surface area contributed by atoms with Crippen molar-refractivity contribution in [2.45, 2.75) is 77.3 Å². The summed E-state index contributed by atoms with van der Waals surface area (Å²) in [7, 11) is 0. The zero-order valence-corrected chi connectivity index (χ0v) is 13.5. The number of oxazole rings is 1. The highest BCUT2D eigenvalue weighted by Gasteiger charge is 2.19. The molecule has 21 heavy (non-hydrogen) atoms. The molecular formula is C16H28N4O. The zero-order chi connectivity index (χ0) is 15.3. The average Bonchev–Trinajstić information content (AvgIpc) is 2.76. The molecule has 3 N–H and O–H groups in total. The van der Waals surface area contributed by atoms with Crippen molar-refractivity contribution in [3.8, 4) is 0 Å². The standard InChI is InChI=1S/C16H28N4O/c1-16(2,3)13-10-18-14(21-13)11-19-15(17)20-12-8-6-4-5-7-9-12/h10,12H,4-9,11H2,1-3H3,(H3,17,19,20). The molecule has 1 saturated carbocycles. The minimum atomic E-state index is -0.0287. The van der Waals surface area contributed by atoms with E-state index in [-0.39, 0.29) is 5.41 Å². The number of nitrogens with zero attached hydrogens (tertiary/aromatic N) is 2. The molecule has 2 rings (SSSR count). The molecule has 0 spiro atoms. The number of hydrogen-bond donors (Lipinski definition) is 2. The number of hydrogen-bond acceptors (Lipinski definition) is 3. The largest absolute Gasteiger partial charge is 0.443 e. The van der Waals surface area contributed by atoms with Crippen LogP contribution in [0.2, 0.25) is 0 Å². The van der Waals surface area contributed by atoms with Crippen LogP contribution in [0.25, 0.3) is 0 Å². The Morgan fingerprint density at radius 1 is 1.33 bits per heavy atom. The first kappa shape index (κ1) is 15.9. The van der Waals surface area contributed by atoms with Gasteiger partial charge < -0.3 is 15.5 Å². The maximum atomic E-state index is 5.97. The SMILES string of the molecule is CC(C)(C)c1cnc(CN=C(N)NC2CCCCCC2)o1. The highest BCUT2D eigenvalue weighted by Crippen LogP contribution is 2.22. The van der Waals surface area contributed by atoms with Gasteiger partial charge in [0.2, 0.25) is 5.89 Å². The molecule has 0 atom stereocenters. The van der Waals surface area contributed by atoms with Crippen molar-refractivity contribution < 1.29 is 4.42 Å². The van der Waals surface area contributed by atoms with E-state index >= 15 is 0 Å². The Labute approximate surface area is 127 Å². The molecule has 0 bridgehead atoms. The maximum absolute atomic E-state index is 5.97. The first-order valence-electron chi connectivity index (χ1n) is 7.97. The third kappa shape index (κ3) is 5.06. The van der Waals surface area contributed by atoms with Gasteiger partial charge in [-0.25, -0.2) is 9.98 Å². The van der Waals surface area contributed by atoms with E-state index in [1.165, 1.54) is 38.5 Å². The van der Waals surface area contributed by atoms with Crippen molar-refractivity contribution >= 4 is 5.96 Å². The third-order valence-electron chi connectivity index (χ3n) is 3.88. The van der Waals surface area contributed by atoms with E-state index in [2.05, 4.69) is 36.1 Å². The number of nitrogens with one attached hydrogen (secondary N) is 1. The number of aromatic nitrogens is 1. The van der Waals surface area contributed by atoms with Gasteiger partial charge in [-0.3, -0.25) is 0 Å². The Morgan fingerprint density at radius 3 is 2.57 bits per heavy atom. The molecule has 5 heteroatoms. The Bertz CT molecular complexity index is 465. The molecule has 1 fully saturated rings. The summed E-state index contributed by atoms with van der Waals surface area (Å²) in [5.74, 6) is 1.99. The van der Waals surface area contributed by atoms with E-state index in [1.54, 1.807) is 6.20 Å². The summed E-state index contributed by atoms with van der Waals surface area (Å²) in [5.41, 5.74) is 5.94. The number of nitrogens with two attached hydrogens (primary N) is 1. The minimum absolute atomic E-state index is 0.0287. The molecule has 5 nitrogen and oxygen atoms in total. The van der Waals surface area contributed by atoms with Crippen LogP contribution in [0, 0.1) is 0 Å². The molecule has 1 aromatic heterocycles. The Balaban J connectivity index is 1.86. The summed E-state index contributed by atoms with van der Waals surface area (Å²) in [4.78, 5) is 8.60. The fourth-order valence-electron chi connectivity index (χ4n) is 2.56. The smallest absolute Gasteiger partial charge is 0.216 e. The van der Waals surface area contributed by atoms with Crippen LogP contribution in [0.5, 0.6) is 0 Å². The molecular weight excluding hydrogens is 264 g/mol. The molecule has 1 aliphatic rings. The van der Waals surface area contributed by atoms with Crippen LogP contribution >= 0.6 is 0 Å². The van der Waals surface area contributed by atoms with Gasteiger partial charge in [0.1, 0.15) is 12.3 Å². The molecule has 0 aliphatic heterocycles. The lowest BCUT2D eigenvalue weighted by molar-refractivity contribution is 0.383. The van der Waals surface area contributed by atoms with E-state index in [9.17, 15) is 0 Å². The fourth-order valence-corrected chi connectivity index (χ4v) is 2.56. The molecule has 1 heterocycles. The molecule has 118 valence electrons. The van der Waals surface area contributed by atoms with E-state index in [4.69, 9.17) is 10.2 Å². The Hall–Kier alpha value is -1.52. The van der Waals surface area contributed by atoms with Gasteiger partial charge in [-0.2, -0.15) is 0 Å². The predicted octanol–water partition coefficient (Wildman–Crippen LogP) is 3.10. The van der Waals surface area contributed by atoms with Gasteiger partial charge in [0.05, 0.1) is 6.20 Å². The number of guanidine groups is 1. The van der Waals surface area contributed by atoms with Crippen LogP contribution in [0.4, 0.5) is 0 Å². The Morgan fingerprint density at radius 2 is 2.00 bits per heavy atom. The van der Waals surface area contributed by atoms with Crippen LogP contribution < -0.4 is 11.1 Å². The second-order valence-electron chi connectivity index (χ2n) is 6.90. The van der Waals surface area contributed by atoms with E-state index in [0.717, 1.165) is 5.76 Å². The quantitative estimate of drug-likeness (QED) is 0.510. The van der Waals surface area contributed by atoms with Crippen molar-refractivity contribution in [1.29, 1.82) is 0 Å². The molecule has 0 radical (unpaired) electrons. The van der Waals surface area contributed by atoms with Crippen LogP contribution in [0.15, 0.2) is 15.6 Å². The molecule has 0 unspecified atom stereocenters. The average molecular weight is 292 g/mol. The first-order valence-corrected chi connectivity index (χ1v) is 7.97. The fraction of sp³-hybridized carbons (Fsp3) is 0.750. The summed E-state index contributed by atoms with van der Waals surface area (Å²) in [5, 5.41) is 3.32. The highest BCUT2D eigenvalue weighted by atomic mass is 16.4. The third-order valence-corrected chi connectivity index (χ3v) is 3.88. The molecule has 0 aromatic carbocycles. The van der Waals surface area contributed by atoms with Crippen molar-refractivity contribution in [2.24, 2.45) is 10.7 Å². The second kappa shape index (κ2) is 6.96. The van der Waals surface area contributed by atoms with Crippen LogP contribution in [-0.2, 0) is 12.0 Å². The van der Waals surface area contributed by atoms with Crippen molar-refractivity contribution in [3.63, 3.8) is 0 Å². The normalized spacial score (nSPS) is 18.5. The Kier molecular flexibility index (Phi) is 5.26. The van der Waals surface area contributed by atoms with Gasteiger partial charge in [0.15, 0.2) is 5.96 Å². The maximum Gasteiger partial charge on any atom is 0.216 e. The van der Waals surface area contributed by atoms with Gasteiger partial charge in [0.25, 0.3) is 0 Å². The lowest BCUT2D eigenvalue weighted by Crippen LogP contribution is -2.39. The van der Waals surface area contributed by atoms with Gasteiger partial charge >= 0.3 is 0 Å². The van der Waals surface area contributed by atoms with Gasteiger partial charge in [-0.05, 0) is 12.8 Å². The summed E-state index contributed by atoms with van der Waals surface area (Å²) in [6.07, 6.45) is 9.37. The highest BCUT2D eigenvalue weighted by molar-refractivity contribution is 5.78. The summed E-state index contributed by atoms with van der Waals surface area (Å²) in [6.45, 7) is 6.69. The van der Waals surface area contributed by atoms with Gasteiger partial charge in [0, 0.05) is 11.5 Å². The van der Waals surface area contributed by atoms with E-state index in [1.807, 2.05) is 0 Å². The number of aliphatic imine (C=N–C) groups is 1. The second-order valence-corrected chi connectivity index (χ2v) is 6.90. The predicted molar refractivity (Wildman–Crippen MR) is 85.2 cm³/mol. The van der Waals surface area contributed by atoms with Crippen LogP contribution in [0.3, 0.4) is 0 Å². The van der Waals surface area contributed by atoms with Crippen molar-refractivity contribution in [1.82, 2.24) is 10.3 Å². The summed E-state index contributed by atoms with van der Waals surface area (Å²) in [6, 6.07) is 0.464. The topological polar surface area (TPSA) is 76.4 Å². The monoisotopic (exact) mass is 292 g/mol. The zero-order valence-electron chi connectivity index (χ0n) is 13.5. The van der Waals surface area contributed by atoms with Crippen molar-refractivity contribution in [3.05, 3.63) is 17.8 Å². The molecule has 0 saturated heterocycles. The van der Waals surface area contributed by atoms with Crippen molar-refractivity contribution in [2.75, 3.05) is 0 Å². The van der Waals surface area contributed by atoms with E-state index < -0.39 is 0 Å². The van der Waals surface area contributed by atoms with Crippen LogP contribution in [-0.4, -0.2) is 17.0 Å². The van der Waals surface area contributed by atoms with Gasteiger partial charge in [-0.1, -0.05) is 46.5 Å².